The molecule has 0 amide bonds. The summed E-state index contributed by atoms with van der Waals surface area (Å²) in [4.78, 5) is 0.235. The first-order chi connectivity index (χ1) is 14.0. The summed E-state index contributed by atoms with van der Waals surface area (Å²) in [5.41, 5.74) is 4.04. The second-order valence-electron chi connectivity index (χ2n) is 7.79. The predicted octanol–water partition coefficient (Wildman–Crippen LogP) is 5.36. The molecule has 0 bridgehead atoms. The lowest BCUT2D eigenvalue weighted by Crippen LogP contribution is -2.29. The molecule has 3 atom stereocenters. The van der Waals surface area contributed by atoms with Crippen molar-refractivity contribution in [2.75, 3.05) is 0 Å². The van der Waals surface area contributed by atoms with Crippen LogP contribution in [0.15, 0.2) is 65.1 Å². The van der Waals surface area contributed by atoms with Gasteiger partial charge in [0.1, 0.15) is 11.0 Å². The Hall–Kier alpha value is -2.37. The standard InChI is InChI=1S/C25H32O4S/c1-7-9-24(23(8-2)18(5)19(6)26)30(28,29)22-12-10-20(11-13-22)21-14-16(3)25(27)17(4)15-21/h7-15,18-19,24,26-27H,1-6H3/b9-7?,23-8+/t18-,19+,24?/m0/s1. The molecular weight excluding hydrogens is 396 g/mol. The number of hydrogen-bond donors (Lipinski definition) is 2. The van der Waals surface area contributed by atoms with Crippen molar-refractivity contribution in [2.45, 2.75) is 57.8 Å². The second-order valence-corrected chi connectivity index (χ2v) is 9.86. The van der Waals surface area contributed by atoms with Gasteiger partial charge in [-0.2, -0.15) is 0 Å². The van der Waals surface area contributed by atoms with Crippen LogP contribution >= 0.6 is 0 Å². The Morgan fingerprint density at radius 3 is 1.93 bits per heavy atom. The fourth-order valence-corrected chi connectivity index (χ4v) is 5.52. The van der Waals surface area contributed by atoms with Gasteiger partial charge in [-0.15, -0.1) is 0 Å². The molecule has 30 heavy (non-hydrogen) atoms. The van der Waals surface area contributed by atoms with Crippen molar-refractivity contribution in [2.24, 2.45) is 5.92 Å². The Morgan fingerprint density at radius 2 is 1.50 bits per heavy atom. The molecular formula is C25H32O4S. The quantitative estimate of drug-likeness (QED) is 0.582. The third-order valence-electron chi connectivity index (χ3n) is 5.62. The number of phenolic OH excluding ortho intramolecular Hbond substituents is 1. The minimum absolute atomic E-state index is 0.235. The minimum atomic E-state index is -3.68. The van der Waals surface area contributed by atoms with Crippen LogP contribution in [-0.4, -0.2) is 30.0 Å². The number of aliphatic hydroxyl groups excluding tert-OH is 1. The highest BCUT2D eigenvalue weighted by atomic mass is 32.2. The monoisotopic (exact) mass is 428 g/mol. The van der Waals surface area contributed by atoms with E-state index in [1.54, 1.807) is 63.3 Å². The van der Waals surface area contributed by atoms with E-state index in [4.69, 9.17) is 0 Å². The van der Waals surface area contributed by atoms with E-state index in [2.05, 4.69) is 0 Å². The highest BCUT2D eigenvalue weighted by molar-refractivity contribution is 7.92. The molecule has 5 heteroatoms. The van der Waals surface area contributed by atoms with Gasteiger partial charge in [0, 0.05) is 5.92 Å². The number of sulfone groups is 1. The Morgan fingerprint density at radius 1 is 0.967 bits per heavy atom. The summed E-state index contributed by atoms with van der Waals surface area (Å²) in [5, 5.41) is 19.2. The number of hydrogen-bond acceptors (Lipinski definition) is 4. The van der Waals surface area contributed by atoms with Crippen molar-refractivity contribution < 1.29 is 18.6 Å². The number of aromatic hydroxyl groups is 1. The molecule has 162 valence electrons. The molecule has 0 aliphatic rings. The van der Waals surface area contributed by atoms with E-state index in [0.717, 1.165) is 22.3 Å². The first-order valence-corrected chi connectivity index (χ1v) is 11.7. The zero-order valence-corrected chi connectivity index (χ0v) is 19.4. The number of aliphatic hydroxyl groups is 1. The topological polar surface area (TPSA) is 74.6 Å². The second kappa shape index (κ2) is 9.63. The van der Waals surface area contributed by atoms with Gasteiger partial charge in [-0.25, -0.2) is 8.42 Å². The smallest absolute Gasteiger partial charge is 0.188 e. The third kappa shape index (κ3) is 4.85. The third-order valence-corrected chi connectivity index (χ3v) is 7.65. The lowest BCUT2D eigenvalue weighted by atomic mass is 9.93. The van der Waals surface area contributed by atoms with Gasteiger partial charge >= 0.3 is 0 Å². The molecule has 0 aliphatic heterocycles. The van der Waals surface area contributed by atoms with E-state index in [1.165, 1.54) is 0 Å². The molecule has 0 saturated carbocycles. The molecule has 1 unspecified atom stereocenters. The minimum Gasteiger partial charge on any atom is -0.507 e. The van der Waals surface area contributed by atoms with Crippen LogP contribution in [0.2, 0.25) is 0 Å². The van der Waals surface area contributed by atoms with E-state index >= 15 is 0 Å². The van der Waals surface area contributed by atoms with Gasteiger partial charge in [0.25, 0.3) is 0 Å². The summed E-state index contributed by atoms with van der Waals surface area (Å²) in [6.45, 7) is 10.8. The predicted molar refractivity (Wildman–Crippen MR) is 123 cm³/mol. The van der Waals surface area contributed by atoms with Crippen LogP contribution in [-0.2, 0) is 9.84 Å². The maximum atomic E-state index is 13.4. The number of rotatable bonds is 7. The summed E-state index contributed by atoms with van der Waals surface area (Å²) in [7, 11) is -3.68. The van der Waals surface area contributed by atoms with Crippen molar-refractivity contribution in [1.29, 1.82) is 0 Å². The van der Waals surface area contributed by atoms with Crippen molar-refractivity contribution in [3.05, 3.63) is 71.3 Å². The summed E-state index contributed by atoms with van der Waals surface area (Å²) >= 11 is 0. The molecule has 2 N–H and O–H groups in total. The Balaban J connectivity index is 2.48. The molecule has 0 aliphatic carbocycles. The maximum Gasteiger partial charge on any atom is 0.188 e. The van der Waals surface area contributed by atoms with E-state index in [9.17, 15) is 18.6 Å². The number of allylic oxidation sites excluding steroid dienone is 2. The van der Waals surface area contributed by atoms with Crippen molar-refractivity contribution >= 4 is 9.84 Å². The highest BCUT2D eigenvalue weighted by Crippen LogP contribution is 2.32. The highest BCUT2D eigenvalue weighted by Gasteiger charge is 2.32. The van der Waals surface area contributed by atoms with Crippen molar-refractivity contribution in [3.63, 3.8) is 0 Å². The lowest BCUT2D eigenvalue weighted by molar-refractivity contribution is 0.151. The Kier molecular flexibility index (Phi) is 7.67. The van der Waals surface area contributed by atoms with Crippen LogP contribution in [0.5, 0.6) is 5.75 Å². The molecule has 0 aromatic heterocycles. The number of benzene rings is 2. The summed E-state index contributed by atoms with van der Waals surface area (Å²) < 4.78 is 26.9. The average molecular weight is 429 g/mol. The first-order valence-electron chi connectivity index (χ1n) is 10.2. The molecule has 2 rings (SSSR count). The van der Waals surface area contributed by atoms with Crippen LogP contribution in [0.4, 0.5) is 0 Å². The zero-order chi connectivity index (χ0) is 22.6. The summed E-state index contributed by atoms with van der Waals surface area (Å²) in [6, 6.07) is 10.6. The molecule has 0 fully saturated rings. The van der Waals surface area contributed by atoms with Crippen LogP contribution in [0.1, 0.15) is 38.8 Å². The van der Waals surface area contributed by atoms with Gasteiger partial charge in [-0.05, 0) is 86.7 Å². The van der Waals surface area contributed by atoms with Gasteiger partial charge < -0.3 is 10.2 Å². The fourth-order valence-electron chi connectivity index (χ4n) is 3.64. The first kappa shape index (κ1) is 23.9. The Bertz CT molecular complexity index is 1020. The zero-order valence-electron chi connectivity index (χ0n) is 18.5. The van der Waals surface area contributed by atoms with Crippen LogP contribution in [0.25, 0.3) is 11.1 Å². The molecule has 0 spiro atoms. The van der Waals surface area contributed by atoms with Crippen molar-refractivity contribution in [3.8, 4) is 16.9 Å². The van der Waals surface area contributed by atoms with Crippen LogP contribution < -0.4 is 0 Å². The van der Waals surface area contributed by atoms with Gasteiger partial charge in [-0.1, -0.05) is 37.3 Å². The molecule has 4 nitrogen and oxygen atoms in total. The molecule has 0 radical (unpaired) electrons. The van der Waals surface area contributed by atoms with Gasteiger partial charge in [0.2, 0.25) is 0 Å². The average Bonchev–Trinajstić information content (AvgIpc) is 2.71. The van der Waals surface area contributed by atoms with Gasteiger partial charge in [0.05, 0.1) is 11.0 Å². The SMILES string of the molecule is CC=CC(/C(=C/C)[C@@H](C)[C@@H](C)O)S(=O)(=O)c1ccc(-c2cc(C)c(O)c(C)c2)cc1. The largest absolute Gasteiger partial charge is 0.507 e. The lowest BCUT2D eigenvalue weighted by Gasteiger charge is -2.25. The Labute approximate surface area is 180 Å². The number of aryl methyl sites for hydroxylation is 2. The molecule has 2 aromatic carbocycles. The summed E-state index contributed by atoms with van der Waals surface area (Å²) in [6.07, 6.45) is 4.54. The van der Waals surface area contributed by atoms with Gasteiger partial charge in [0.15, 0.2) is 9.84 Å². The summed E-state index contributed by atoms with van der Waals surface area (Å²) in [5.74, 6) is -0.00792. The van der Waals surface area contributed by atoms with Gasteiger partial charge in [-0.3, -0.25) is 0 Å². The molecule has 0 heterocycles. The normalized spacial score (nSPS) is 15.9. The van der Waals surface area contributed by atoms with Crippen LogP contribution in [0.3, 0.4) is 0 Å². The van der Waals surface area contributed by atoms with E-state index in [1.807, 2.05) is 32.9 Å². The van der Waals surface area contributed by atoms with Crippen LogP contribution in [0, 0.1) is 19.8 Å². The molecule has 2 aromatic rings. The van der Waals surface area contributed by atoms with Crippen molar-refractivity contribution in [1.82, 2.24) is 0 Å². The molecule has 0 saturated heterocycles. The van der Waals surface area contributed by atoms with E-state index in [0.29, 0.717) is 5.57 Å². The number of phenols is 1. The van der Waals surface area contributed by atoms with E-state index in [-0.39, 0.29) is 16.6 Å². The maximum absolute atomic E-state index is 13.4. The fraction of sp³-hybridized carbons (Fsp3) is 0.360. The van der Waals surface area contributed by atoms with E-state index < -0.39 is 21.2 Å².